The molecule has 0 bridgehead atoms. The maximum absolute atomic E-state index is 10.1. The molecular formula is C15H25NO3. The zero-order valence-electron chi connectivity index (χ0n) is 12.2. The van der Waals surface area contributed by atoms with Crippen molar-refractivity contribution in [1.82, 2.24) is 5.32 Å². The van der Waals surface area contributed by atoms with Crippen LogP contribution in [0.5, 0.6) is 5.75 Å². The summed E-state index contributed by atoms with van der Waals surface area (Å²) in [7, 11) is 1.62. The van der Waals surface area contributed by atoms with Gasteiger partial charge in [0.1, 0.15) is 5.75 Å². The van der Waals surface area contributed by atoms with Gasteiger partial charge >= 0.3 is 0 Å². The monoisotopic (exact) mass is 267 g/mol. The summed E-state index contributed by atoms with van der Waals surface area (Å²) in [6.07, 6.45) is 0.573. The van der Waals surface area contributed by atoms with E-state index in [2.05, 4.69) is 5.32 Å². The molecule has 0 aliphatic heterocycles. The van der Waals surface area contributed by atoms with Crippen LogP contribution in [0.3, 0.4) is 0 Å². The second-order valence-corrected chi connectivity index (χ2v) is 5.40. The molecule has 0 fully saturated rings. The van der Waals surface area contributed by atoms with Crippen LogP contribution >= 0.6 is 0 Å². The highest BCUT2D eigenvalue weighted by molar-refractivity contribution is 5.37. The van der Waals surface area contributed by atoms with Gasteiger partial charge in [0, 0.05) is 38.3 Å². The van der Waals surface area contributed by atoms with Crippen molar-refractivity contribution < 1.29 is 14.9 Å². The average molecular weight is 267 g/mol. The first-order valence-electron chi connectivity index (χ1n) is 6.60. The van der Waals surface area contributed by atoms with Crippen LogP contribution in [-0.2, 0) is 4.74 Å². The summed E-state index contributed by atoms with van der Waals surface area (Å²) < 4.78 is 4.97. The molecule has 1 aromatic carbocycles. The van der Waals surface area contributed by atoms with E-state index in [1.165, 1.54) is 0 Å². The molecule has 108 valence electrons. The predicted octanol–water partition coefficient (Wildman–Crippen LogP) is 2.14. The van der Waals surface area contributed by atoms with Crippen molar-refractivity contribution in [3.8, 4) is 5.75 Å². The Bertz CT molecular complexity index is 404. The van der Waals surface area contributed by atoms with Gasteiger partial charge in [-0.15, -0.1) is 0 Å². The fourth-order valence-electron chi connectivity index (χ4n) is 1.91. The van der Waals surface area contributed by atoms with Crippen LogP contribution in [0.2, 0.25) is 0 Å². The predicted molar refractivity (Wildman–Crippen MR) is 76.4 cm³/mol. The molecule has 3 N–H and O–H groups in total. The molecule has 1 aromatic rings. The van der Waals surface area contributed by atoms with Gasteiger partial charge in [0.05, 0.1) is 5.60 Å². The Balaban J connectivity index is 2.57. The van der Waals surface area contributed by atoms with Gasteiger partial charge in [-0.05, 0) is 32.4 Å². The summed E-state index contributed by atoms with van der Waals surface area (Å²) in [5.74, 6) is 0.288. The molecule has 1 rings (SSSR count). The van der Waals surface area contributed by atoms with Gasteiger partial charge < -0.3 is 20.3 Å². The number of nitrogens with one attached hydrogen (secondary N) is 1. The lowest BCUT2D eigenvalue weighted by atomic mass is 10.0. The molecule has 0 spiro atoms. The number of ether oxygens (including phenoxy) is 1. The van der Waals surface area contributed by atoms with Gasteiger partial charge in [0.25, 0.3) is 0 Å². The van der Waals surface area contributed by atoms with Crippen molar-refractivity contribution in [3.63, 3.8) is 0 Å². The number of phenolic OH excluding ortho intramolecular Hbond substituents is 1. The minimum Gasteiger partial charge on any atom is -0.508 e. The Hall–Kier alpha value is -1.10. The quantitative estimate of drug-likeness (QED) is 0.708. The molecule has 0 saturated carbocycles. The Morgan fingerprint density at radius 2 is 2.11 bits per heavy atom. The van der Waals surface area contributed by atoms with Crippen LogP contribution in [0.1, 0.15) is 37.4 Å². The molecular weight excluding hydrogens is 242 g/mol. The van der Waals surface area contributed by atoms with Crippen LogP contribution < -0.4 is 5.32 Å². The lowest BCUT2D eigenvalue weighted by Crippen LogP contribution is -2.39. The van der Waals surface area contributed by atoms with Gasteiger partial charge in [0.15, 0.2) is 0 Å². The smallest absolute Gasteiger partial charge is 0.120 e. The molecule has 0 saturated heterocycles. The summed E-state index contributed by atoms with van der Waals surface area (Å²) in [5.41, 5.74) is 1.05. The standard InChI is InChI=1S/C15H25NO3/c1-11-5-6-13(14(17)9-11)12(2)16-10-15(3,18)7-8-19-4/h5-6,9,12,16-18H,7-8,10H2,1-4H3. The third-order valence-corrected chi connectivity index (χ3v) is 3.29. The largest absolute Gasteiger partial charge is 0.508 e. The SMILES string of the molecule is COCCC(C)(O)CNC(C)c1ccc(C)cc1O. The highest BCUT2D eigenvalue weighted by Crippen LogP contribution is 2.25. The first kappa shape index (κ1) is 16.0. The lowest BCUT2D eigenvalue weighted by Gasteiger charge is -2.26. The number of aliphatic hydroxyl groups is 1. The molecule has 2 atom stereocenters. The second-order valence-electron chi connectivity index (χ2n) is 5.40. The second kappa shape index (κ2) is 6.89. The van der Waals surface area contributed by atoms with E-state index < -0.39 is 5.60 Å². The van der Waals surface area contributed by atoms with E-state index >= 15 is 0 Å². The topological polar surface area (TPSA) is 61.7 Å². The van der Waals surface area contributed by atoms with Crippen molar-refractivity contribution in [2.45, 2.75) is 38.8 Å². The maximum atomic E-state index is 10.1. The summed E-state index contributed by atoms with van der Waals surface area (Å²) in [6, 6.07) is 5.61. The zero-order valence-corrected chi connectivity index (χ0v) is 12.2. The van der Waals surface area contributed by atoms with Crippen LogP contribution in [0.4, 0.5) is 0 Å². The molecule has 0 aliphatic rings. The van der Waals surface area contributed by atoms with E-state index in [1.54, 1.807) is 20.1 Å². The molecule has 0 heterocycles. The van der Waals surface area contributed by atoms with E-state index in [4.69, 9.17) is 4.74 Å². The van der Waals surface area contributed by atoms with E-state index in [0.29, 0.717) is 19.6 Å². The molecule has 0 aliphatic carbocycles. The number of benzene rings is 1. The van der Waals surface area contributed by atoms with E-state index in [1.807, 2.05) is 26.0 Å². The Kier molecular flexibility index (Phi) is 5.79. The Morgan fingerprint density at radius 1 is 1.42 bits per heavy atom. The minimum absolute atomic E-state index is 0.0189. The fraction of sp³-hybridized carbons (Fsp3) is 0.600. The Labute approximate surface area is 115 Å². The van der Waals surface area contributed by atoms with Crippen molar-refractivity contribution in [2.24, 2.45) is 0 Å². The van der Waals surface area contributed by atoms with Crippen LogP contribution in [0, 0.1) is 6.92 Å². The number of hydrogen-bond donors (Lipinski definition) is 3. The summed E-state index contributed by atoms with van der Waals surface area (Å²) >= 11 is 0. The third kappa shape index (κ3) is 5.19. The van der Waals surface area contributed by atoms with E-state index in [-0.39, 0.29) is 11.8 Å². The number of phenols is 1. The lowest BCUT2D eigenvalue weighted by molar-refractivity contribution is 0.0230. The van der Waals surface area contributed by atoms with Crippen LogP contribution in [-0.4, -0.2) is 36.1 Å². The Morgan fingerprint density at radius 3 is 2.68 bits per heavy atom. The van der Waals surface area contributed by atoms with Crippen LogP contribution in [0.25, 0.3) is 0 Å². The van der Waals surface area contributed by atoms with Crippen molar-refractivity contribution in [1.29, 1.82) is 0 Å². The number of rotatable bonds is 7. The summed E-state index contributed by atoms with van der Waals surface area (Å²) in [5, 5.41) is 23.3. The van der Waals surface area contributed by atoms with Gasteiger partial charge in [0.2, 0.25) is 0 Å². The van der Waals surface area contributed by atoms with E-state index in [9.17, 15) is 10.2 Å². The molecule has 2 unspecified atom stereocenters. The maximum Gasteiger partial charge on any atom is 0.120 e. The van der Waals surface area contributed by atoms with Gasteiger partial charge in [-0.2, -0.15) is 0 Å². The van der Waals surface area contributed by atoms with Gasteiger partial charge in [-0.25, -0.2) is 0 Å². The van der Waals surface area contributed by atoms with Crippen molar-refractivity contribution in [2.75, 3.05) is 20.3 Å². The molecule has 4 nitrogen and oxygen atoms in total. The fourth-order valence-corrected chi connectivity index (χ4v) is 1.91. The number of methoxy groups -OCH3 is 1. The molecule has 19 heavy (non-hydrogen) atoms. The first-order valence-corrected chi connectivity index (χ1v) is 6.60. The molecule has 0 amide bonds. The van der Waals surface area contributed by atoms with Crippen LogP contribution in [0.15, 0.2) is 18.2 Å². The minimum atomic E-state index is -0.815. The highest BCUT2D eigenvalue weighted by Gasteiger charge is 2.21. The third-order valence-electron chi connectivity index (χ3n) is 3.29. The first-order chi connectivity index (χ1) is 8.85. The van der Waals surface area contributed by atoms with E-state index in [0.717, 1.165) is 11.1 Å². The number of aromatic hydroxyl groups is 1. The molecule has 4 heteroatoms. The highest BCUT2D eigenvalue weighted by atomic mass is 16.5. The van der Waals surface area contributed by atoms with Crippen molar-refractivity contribution in [3.05, 3.63) is 29.3 Å². The summed E-state index contributed by atoms with van der Waals surface area (Å²) in [6.45, 7) is 6.67. The van der Waals surface area contributed by atoms with Gasteiger partial charge in [-0.1, -0.05) is 12.1 Å². The normalized spacial score (nSPS) is 16.1. The molecule has 0 radical (unpaired) electrons. The van der Waals surface area contributed by atoms with Gasteiger partial charge in [-0.3, -0.25) is 0 Å². The van der Waals surface area contributed by atoms with Crippen molar-refractivity contribution >= 4 is 0 Å². The average Bonchev–Trinajstić information content (AvgIpc) is 2.34. The molecule has 0 aromatic heterocycles. The number of hydrogen-bond acceptors (Lipinski definition) is 4. The summed E-state index contributed by atoms with van der Waals surface area (Å²) in [4.78, 5) is 0. The number of aryl methyl sites for hydroxylation is 1. The zero-order chi connectivity index (χ0) is 14.5.